The third-order valence-electron chi connectivity index (χ3n) is 2.07. The zero-order valence-electron chi connectivity index (χ0n) is 9.33. The predicted octanol–water partition coefficient (Wildman–Crippen LogP) is 1.33. The standard InChI is InChI=1S/C10H14F3N3O/c1-7-4-8(14)9(15-5-7)16(2-3-17)6-10(11,12)13/h4-5,17H,2-3,6,14H2,1H3. The van der Waals surface area contributed by atoms with Gasteiger partial charge < -0.3 is 15.7 Å². The van der Waals surface area contributed by atoms with Crippen LogP contribution in [0.5, 0.6) is 0 Å². The van der Waals surface area contributed by atoms with Crippen LogP contribution in [-0.2, 0) is 0 Å². The Morgan fingerprint density at radius 1 is 1.47 bits per heavy atom. The second-order valence-corrected chi connectivity index (χ2v) is 3.69. The van der Waals surface area contributed by atoms with Crippen molar-refractivity contribution < 1.29 is 18.3 Å². The number of aromatic nitrogens is 1. The van der Waals surface area contributed by atoms with Crippen LogP contribution in [0.3, 0.4) is 0 Å². The number of hydrogen-bond donors (Lipinski definition) is 2. The van der Waals surface area contributed by atoms with Gasteiger partial charge in [0.2, 0.25) is 0 Å². The molecular weight excluding hydrogens is 235 g/mol. The van der Waals surface area contributed by atoms with E-state index in [4.69, 9.17) is 10.8 Å². The molecule has 7 heteroatoms. The van der Waals surface area contributed by atoms with Gasteiger partial charge in [0, 0.05) is 12.7 Å². The van der Waals surface area contributed by atoms with E-state index < -0.39 is 19.3 Å². The number of aryl methyl sites for hydroxylation is 1. The molecule has 17 heavy (non-hydrogen) atoms. The monoisotopic (exact) mass is 249 g/mol. The van der Waals surface area contributed by atoms with Gasteiger partial charge in [-0.2, -0.15) is 13.2 Å². The third-order valence-corrected chi connectivity index (χ3v) is 2.07. The number of pyridine rings is 1. The number of nitrogen functional groups attached to an aromatic ring is 1. The van der Waals surface area contributed by atoms with Gasteiger partial charge in [-0.05, 0) is 18.6 Å². The van der Waals surface area contributed by atoms with Crippen molar-refractivity contribution in [1.82, 2.24) is 4.98 Å². The zero-order chi connectivity index (χ0) is 13.1. The molecule has 0 amide bonds. The topological polar surface area (TPSA) is 62.4 Å². The quantitative estimate of drug-likeness (QED) is 0.845. The van der Waals surface area contributed by atoms with Crippen molar-refractivity contribution in [1.29, 1.82) is 0 Å². The van der Waals surface area contributed by atoms with Gasteiger partial charge >= 0.3 is 6.18 Å². The second kappa shape index (κ2) is 5.22. The molecule has 0 unspecified atom stereocenters. The maximum absolute atomic E-state index is 12.3. The second-order valence-electron chi connectivity index (χ2n) is 3.69. The molecule has 3 N–H and O–H groups in total. The van der Waals surface area contributed by atoms with E-state index in [0.717, 1.165) is 10.5 Å². The predicted molar refractivity (Wildman–Crippen MR) is 58.7 cm³/mol. The molecule has 0 aliphatic rings. The van der Waals surface area contributed by atoms with Crippen LogP contribution in [0, 0.1) is 6.92 Å². The summed E-state index contributed by atoms with van der Waals surface area (Å²) in [5, 5.41) is 8.76. The summed E-state index contributed by atoms with van der Waals surface area (Å²) in [6.45, 7) is -0.00799. The Balaban J connectivity index is 2.97. The van der Waals surface area contributed by atoms with Crippen molar-refractivity contribution in [3.8, 4) is 0 Å². The molecular formula is C10H14F3N3O. The number of rotatable bonds is 4. The van der Waals surface area contributed by atoms with Gasteiger partial charge in [0.25, 0.3) is 0 Å². The van der Waals surface area contributed by atoms with Crippen LogP contribution in [0.4, 0.5) is 24.7 Å². The van der Waals surface area contributed by atoms with Crippen LogP contribution < -0.4 is 10.6 Å². The first-order chi connectivity index (χ1) is 7.83. The van der Waals surface area contributed by atoms with E-state index in [0.29, 0.717) is 0 Å². The maximum atomic E-state index is 12.3. The Labute approximate surface area is 96.9 Å². The Bertz CT molecular complexity index is 382. The highest BCUT2D eigenvalue weighted by Gasteiger charge is 2.31. The highest BCUT2D eigenvalue weighted by molar-refractivity contribution is 5.63. The minimum Gasteiger partial charge on any atom is -0.396 e. The molecule has 1 heterocycles. The Kier molecular flexibility index (Phi) is 4.17. The Morgan fingerprint density at radius 2 is 2.12 bits per heavy atom. The first-order valence-corrected chi connectivity index (χ1v) is 4.98. The van der Waals surface area contributed by atoms with Crippen LogP contribution >= 0.6 is 0 Å². The van der Waals surface area contributed by atoms with E-state index >= 15 is 0 Å². The van der Waals surface area contributed by atoms with E-state index in [9.17, 15) is 13.2 Å². The average Bonchev–Trinajstić information content (AvgIpc) is 2.14. The van der Waals surface area contributed by atoms with Gasteiger partial charge in [0.1, 0.15) is 6.54 Å². The molecule has 4 nitrogen and oxygen atoms in total. The van der Waals surface area contributed by atoms with Gasteiger partial charge in [0.05, 0.1) is 12.3 Å². The number of nitrogens with zero attached hydrogens (tertiary/aromatic N) is 2. The Hall–Kier alpha value is -1.50. The van der Waals surface area contributed by atoms with E-state index in [-0.39, 0.29) is 18.1 Å². The fourth-order valence-electron chi connectivity index (χ4n) is 1.45. The smallest absolute Gasteiger partial charge is 0.396 e. The van der Waals surface area contributed by atoms with Gasteiger partial charge in [0.15, 0.2) is 5.82 Å². The number of alkyl halides is 3. The summed E-state index contributed by atoms with van der Waals surface area (Å²) in [5.74, 6) is 0.0435. The summed E-state index contributed by atoms with van der Waals surface area (Å²) in [7, 11) is 0. The third kappa shape index (κ3) is 4.10. The fraction of sp³-hybridized carbons (Fsp3) is 0.500. The molecule has 0 atom stereocenters. The summed E-state index contributed by atoms with van der Waals surface area (Å²) < 4.78 is 37.0. The summed E-state index contributed by atoms with van der Waals surface area (Å²) in [5.41, 5.74) is 6.55. The molecule has 96 valence electrons. The van der Waals surface area contributed by atoms with Gasteiger partial charge in [-0.15, -0.1) is 0 Å². The summed E-state index contributed by atoms with van der Waals surface area (Å²) in [6, 6.07) is 1.54. The van der Waals surface area contributed by atoms with Crippen LogP contribution in [0.15, 0.2) is 12.3 Å². The van der Waals surface area contributed by atoms with Gasteiger partial charge in [-0.25, -0.2) is 4.98 Å². The van der Waals surface area contributed by atoms with Crippen LogP contribution in [0.25, 0.3) is 0 Å². The molecule has 0 aliphatic carbocycles. The SMILES string of the molecule is Cc1cnc(N(CCO)CC(F)(F)F)c(N)c1. The minimum absolute atomic E-state index is 0.0435. The molecule has 0 saturated heterocycles. The van der Waals surface area contributed by atoms with Crippen molar-refractivity contribution in [2.75, 3.05) is 30.3 Å². The first-order valence-electron chi connectivity index (χ1n) is 4.98. The minimum atomic E-state index is -4.37. The number of hydrogen-bond acceptors (Lipinski definition) is 4. The van der Waals surface area contributed by atoms with Crippen molar-refractivity contribution in [3.63, 3.8) is 0 Å². The highest BCUT2D eigenvalue weighted by Crippen LogP contribution is 2.25. The molecule has 0 fully saturated rings. The Morgan fingerprint density at radius 3 is 2.59 bits per heavy atom. The lowest BCUT2D eigenvalue weighted by Gasteiger charge is -2.25. The van der Waals surface area contributed by atoms with Crippen LogP contribution in [-0.4, -0.2) is 36.0 Å². The molecule has 1 aromatic heterocycles. The van der Waals surface area contributed by atoms with E-state index in [2.05, 4.69) is 4.98 Å². The van der Waals surface area contributed by atoms with Crippen molar-refractivity contribution in [2.45, 2.75) is 13.1 Å². The lowest BCUT2D eigenvalue weighted by atomic mass is 10.2. The van der Waals surface area contributed by atoms with Crippen LogP contribution in [0.1, 0.15) is 5.56 Å². The number of aliphatic hydroxyl groups excluding tert-OH is 1. The van der Waals surface area contributed by atoms with Gasteiger partial charge in [-0.3, -0.25) is 0 Å². The number of halogens is 3. The summed E-state index contributed by atoms with van der Waals surface area (Å²) in [6.07, 6.45) is -2.93. The molecule has 0 saturated carbocycles. The van der Waals surface area contributed by atoms with Crippen molar-refractivity contribution in [3.05, 3.63) is 17.8 Å². The fourth-order valence-corrected chi connectivity index (χ4v) is 1.45. The average molecular weight is 249 g/mol. The number of anilines is 2. The van der Waals surface area contributed by atoms with Crippen LogP contribution in [0.2, 0.25) is 0 Å². The summed E-state index contributed by atoms with van der Waals surface area (Å²) >= 11 is 0. The molecule has 0 bridgehead atoms. The molecule has 0 spiro atoms. The van der Waals surface area contributed by atoms with E-state index in [1.807, 2.05) is 0 Å². The van der Waals surface area contributed by atoms with Gasteiger partial charge in [-0.1, -0.05) is 0 Å². The van der Waals surface area contributed by atoms with E-state index in [1.165, 1.54) is 6.20 Å². The summed E-state index contributed by atoms with van der Waals surface area (Å²) in [4.78, 5) is 4.78. The van der Waals surface area contributed by atoms with E-state index in [1.54, 1.807) is 13.0 Å². The molecule has 0 aromatic carbocycles. The maximum Gasteiger partial charge on any atom is 0.405 e. The lowest BCUT2D eigenvalue weighted by molar-refractivity contribution is -0.119. The van der Waals surface area contributed by atoms with Crippen molar-refractivity contribution in [2.24, 2.45) is 0 Å². The number of aliphatic hydroxyl groups is 1. The first kappa shape index (κ1) is 13.6. The molecule has 0 radical (unpaired) electrons. The molecule has 1 aromatic rings. The normalized spacial score (nSPS) is 11.6. The van der Waals surface area contributed by atoms with Crippen molar-refractivity contribution >= 4 is 11.5 Å². The molecule has 1 rings (SSSR count). The molecule has 0 aliphatic heterocycles. The largest absolute Gasteiger partial charge is 0.405 e. The number of nitrogens with two attached hydrogens (primary N) is 1. The highest BCUT2D eigenvalue weighted by atomic mass is 19.4. The lowest BCUT2D eigenvalue weighted by Crippen LogP contribution is -2.37. The zero-order valence-corrected chi connectivity index (χ0v) is 9.33.